The van der Waals surface area contributed by atoms with Crippen molar-refractivity contribution < 1.29 is 0 Å². The van der Waals surface area contributed by atoms with Crippen LogP contribution in [0.25, 0.3) is 0 Å². The first kappa shape index (κ1) is 10.1. The second kappa shape index (κ2) is 4.90. The Hall–Kier alpha value is -0.990. The Balaban J connectivity index is 2.47. The summed E-state index contributed by atoms with van der Waals surface area (Å²) < 4.78 is 0. The van der Waals surface area contributed by atoms with E-state index in [2.05, 4.69) is 17.3 Å². The first-order chi connectivity index (χ1) is 6.27. The SMILES string of the molecule is C#CC(C)NC1CCCCC1C#N. The van der Waals surface area contributed by atoms with Crippen LogP contribution in [0.15, 0.2) is 0 Å². The maximum Gasteiger partial charge on any atom is 0.0672 e. The lowest BCUT2D eigenvalue weighted by Crippen LogP contribution is -2.42. The van der Waals surface area contributed by atoms with Crippen LogP contribution in [0.2, 0.25) is 0 Å². The largest absolute Gasteiger partial charge is 0.300 e. The van der Waals surface area contributed by atoms with Gasteiger partial charge in [0.15, 0.2) is 0 Å². The molecule has 0 amide bonds. The average Bonchev–Trinajstić information content (AvgIpc) is 2.18. The summed E-state index contributed by atoms with van der Waals surface area (Å²) in [5.74, 6) is 2.79. The molecule has 1 rings (SSSR count). The highest BCUT2D eigenvalue weighted by atomic mass is 14.9. The molecule has 0 spiro atoms. The number of nitrogens with one attached hydrogen (secondary N) is 1. The first-order valence-electron chi connectivity index (χ1n) is 4.89. The van der Waals surface area contributed by atoms with Crippen molar-refractivity contribution in [1.82, 2.24) is 5.32 Å². The van der Waals surface area contributed by atoms with Crippen LogP contribution in [-0.2, 0) is 0 Å². The fraction of sp³-hybridized carbons (Fsp3) is 0.727. The molecule has 3 atom stereocenters. The van der Waals surface area contributed by atoms with Crippen molar-refractivity contribution in [3.05, 3.63) is 0 Å². The van der Waals surface area contributed by atoms with Gasteiger partial charge < -0.3 is 0 Å². The highest BCUT2D eigenvalue weighted by Gasteiger charge is 2.25. The molecule has 1 saturated carbocycles. The minimum atomic E-state index is 0.0824. The summed E-state index contributed by atoms with van der Waals surface area (Å²) in [6.07, 6.45) is 9.78. The molecule has 13 heavy (non-hydrogen) atoms. The van der Waals surface area contributed by atoms with Crippen molar-refractivity contribution in [2.45, 2.75) is 44.7 Å². The van der Waals surface area contributed by atoms with Crippen LogP contribution in [0, 0.1) is 29.6 Å². The van der Waals surface area contributed by atoms with Crippen molar-refractivity contribution in [2.24, 2.45) is 5.92 Å². The normalized spacial score (nSPS) is 30.1. The second-order valence-electron chi connectivity index (χ2n) is 3.68. The Morgan fingerprint density at radius 3 is 2.77 bits per heavy atom. The van der Waals surface area contributed by atoms with Gasteiger partial charge >= 0.3 is 0 Å². The summed E-state index contributed by atoms with van der Waals surface area (Å²) in [4.78, 5) is 0. The Kier molecular flexibility index (Phi) is 3.80. The molecule has 70 valence electrons. The summed E-state index contributed by atoms with van der Waals surface area (Å²) in [6.45, 7) is 1.96. The van der Waals surface area contributed by atoms with Crippen LogP contribution < -0.4 is 5.32 Å². The molecule has 0 bridgehead atoms. The molecular weight excluding hydrogens is 160 g/mol. The van der Waals surface area contributed by atoms with Gasteiger partial charge in [0.2, 0.25) is 0 Å². The highest BCUT2D eigenvalue weighted by Crippen LogP contribution is 2.23. The maximum absolute atomic E-state index is 8.91. The van der Waals surface area contributed by atoms with E-state index in [1.165, 1.54) is 12.8 Å². The van der Waals surface area contributed by atoms with Crippen molar-refractivity contribution in [3.8, 4) is 18.4 Å². The van der Waals surface area contributed by atoms with Crippen LogP contribution >= 0.6 is 0 Å². The van der Waals surface area contributed by atoms with Gasteiger partial charge in [-0.1, -0.05) is 18.8 Å². The van der Waals surface area contributed by atoms with E-state index in [1.54, 1.807) is 0 Å². The molecule has 1 aliphatic carbocycles. The Morgan fingerprint density at radius 1 is 1.46 bits per heavy atom. The monoisotopic (exact) mass is 176 g/mol. The Labute approximate surface area is 80.3 Å². The van der Waals surface area contributed by atoms with Gasteiger partial charge in [-0.2, -0.15) is 5.26 Å². The molecule has 2 nitrogen and oxygen atoms in total. The molecule has 0 aliphatic heterocycles. The van der Waals surface area contributed by atoms with Gasteiger partial charge in [0.05, 0.1) is 18.0 Å². The summed E-state index contributed by atoms with van der Waals surface area (Å²) >= 11 is 0. The van der Waals surface area contributed by atoms with E-state index in [9.17, 15) is 0 Å². The quantitative estimate of drug-likeness (QED) is 0.650. The summed E-state index contributed by atoms with van der Waals surface area (Å²) in [5, 5.41) is 12.2. The van der Waals surface area contributed by atoms with E-state index in [1.807, 2.05) is 6.92 Å². The number of nitriles is 1. The van der Waals surface area contributed by atoms with E-state index < -0.39 is 0 Å². The molecule has 3 unspecified atom stereocenters. The predicted octanol–water partition coefficient (Wildman–Crippen LogP) is 1.68. The van der Waals surface area contributed by atoms with Crippen molar-refractivity contribution >= 4 is 0 Å². The molecule has 1 fully saturated rings. The van der Waals surface area contributed by atoms with E-state index in [0.717, 1.165) is 12.8 Å². The van der Waals surface area contributed by atoms with Crippen LogP contribution in [0.5, 0.6) is 0 Å². The van der Waals surface area contributed by atoms with E-state index >= 15 is 0 Å². The zero-order chi connectivity index (χ0) is 9.68. The number of terminal acetylenes is 1. The summed E-state index contributed by atoms with van der Waals surface area (Å²) in [7, 11) is 0. The van der Waals surface area contributed by atoms with Crippen LogP contribution in [0.3, 0.4) is 0 Å². The van der Waals surface area contributed by atoms with Crippen molar-refractivity contribution in [3.63, 3.8) is 0 Å². The predicted molar refractivity (Wildman–Crippen MR) is 52.8 cm³/mol. The zero-order valence-electron chi connectivity index (χ0n) is 8.09. The zero-order valence-corrected chi connectivity index (χ0v) is 8.09. The molecule has 0 heterocycles. The van der Waals surface area contributed by atoms with Gasteiger partial charge in [-0.15, -0.1) is 6.42 Å². The molecule has 2 heteroatoms. The Bertz CT molecular complexity index is 233. The van der Waals surface area contributed by atoms with Crippen molar-refractivity contribution in [1.29, 1.82) is 5.26 Å². The number of hydrogen-bond acceptors (Lipinski definition) is 2. The topological polar surface area (TPSA) is 35.8 Å². The fourth-order valence-corrected chi connectivity index (χ4v) is 1.85. The first-order valence-corrected chi connectivity index (χ1v) is 4.89. The lowest BCUT2D eigenvalue weighted by atomic mass is 9.85. The molecule has 0 aromatic carbocycles. The minimum absolute atomic E-state index is 0.0824. The maximum atomic E-state index is 8.91. The van der Waals surface area contributed by atoms with Gasteiger partial charge in [-0.3, -0.25) is 5.32 Å². The van der Waals surface area contributed by atoms with Gasteiger partial charge in [-0.05, 0) is 19.8 Å². The molecule has 0 saturated heterocycles. The van der Waals surface area contributed by atoms with Crippen molar-refractivity contribution in [2.75, 3.05) is 0 Å². The van der Waals surface area contributed by atoms with Gasteiger partial charge in [0.1, 0.15) is 0 Å². The highest BCUT2D eigenvalue weighted by molar-refractivity contribution is 5.01. The standard InChI is InChI=1S/C11H16N2/c1-3-9(2)13-11-7-5-4-6-10(11)8-12/h1,9-11,13H,4-7H2,2H3. The molecule has 1 aliphatic rings. The fourth-order valence-electron chi connectivity index (χ4n) is 1.85. The third kappa shape index (κ3) is 2.76. The molecule has 0 aromatic rings. The third-order valence-electron chi connectivity index (χ3n) is 2.65. The summed E-state index contributed by atoms with van der Waals surface area (Å²) in [6, 6.07) is 2.74. The van der Waals surface area contributed by atoms with E-state index in [0.29, 0.717) is 6.04 Å². The van der Waals surface area contributed by atoms with Crippen LogP contribution in [-0.4, -0.2) is 12.1 Å². The minimum Gasteiger partial charge on any atom is -0.300 e. The van der Waals surface area contributed by atoms with Gasteiger partial charge in [-0.25, -0.2) is 0 Å². The lowest BCUT2D eigenvalue weighted by molar-refractivity contribution is 0.305. The number of nitrogens with zero attached hydrogens (tertiary/aromatic N) is 1. The lowest BCUT2D eigenvalue weighted by Gasteiger charge is -2.28. The smallest absolute Gasteiger partial charge is 0.0672 e. The Morgan fingerprint density at radius 2 is 2.15 bits per heavy atom. The molecule has 1 N–H and O–H groups in total. The van der Waals surface area contributed by atoms with Crippen LogP contribution in [0.4, 0.5) is 0 Å². The number of hydrogen-bond donors (Lipinski definition) is 1. The van der Waals surface area contributed by atoms with E-state index in [-0.39, 0.29) is 12.0 Å². The molecule has 0 radical (unpaired) electrons. The van der Waals surface area contributed by atoms with Gasteiger partial charge in [0, 0.05) is 6.04 Å². The average molecular weight is 176 g/mol. The molecule has 0 aromatic heterocycles. The third-order valence-corrected chi connectivity index (χ3v) is 2.65. The molecular formula is C11H16N2. The second-order valence-corrected chi connectivity index (χ2v) is 3.68. The van der Waals surface area contributed by atoms with Gasteiger partial charge in [0.25, 0.3) is 0 Å². The van der Waals surface area contributed by atoms with E-state index in [4.69, 9.17) is 11.7 Å². The van der Waals surface area contributed by atoms with Crippen LogP contribution in [0.1, 0.15) is 32.6 Å². The summed E-state index contributed by atoms with van der Waals surface area (Å²) in [5.41, 5.74) is 0. The number of rotatable bonds is 2.